The SMILES string of the molecule is CC(=O)NOC(=O)CCCCOc1cccc(CN2CCCCCCC2)c1. The lowest BCUT2D eigenvalue weighted by atomic mass is 10.1. The van der Waals surface area contributed by atoms with E-state index < -0.39 is 5.97 Å². The minimum absolute atomic E-state index is 0.263. The Balaban J connectivity index is 1.66. The van der Waals surface area contributed by atoms with Crippen molar-refractivity contribution in [1.82, 2.24) is 10.4 Å². The molecule has 1 aliphatic rings. The average Bonchev–Trinajstić information content (AvgIpc) is 2.62. The molecule has 27 heavy (non-hydrogen) atoms. The first-order valence-corrected chi connectivity index (χ1v) is 10.0. The monoisotopic (exact) mass is 376 g/mol. The normalized spacial score (nSPS) is 15.4. The van der Waals surface area contributed by atoms with E-state index in [1.807, 2.05) is 17.6 Å². The molecule has 2 rings (SSSR count). The van der Waals surface area contributed by atoms with Gasteiger partial charge in [-0.1, -0.05) is 31.4 Å². The van der Waals surface area contributed by atoms with Gasteiger partial charge in [-0.3, -0.25) is 9.69 Å². The largest absolute Gasteiger partial charge is 0.494 e. The molecule has 0 aromatic heterocycles. The number of likely N-dealkylation sites (tertiary alicyclic amines) is 1. The molecule has 0 saturated carbocycles. The third-order valence-corrected chi connectivity index (χ3v) is 4.61. The second-order valence-corrected chi connectivity index (χ2v) is 7.13. The molecule has 0 radical (unpaired) electrons. The summed E-state index contributed by atoms with van der Waals surface area (Å²) >= 11 is 0. The number of ether oxygens (including phenoxy) is 1. The van der Waals surface area contributed by atoms with Crippen LogP contribution < -0.4 is 10.2 Å². The molecule has 1 saturated heterocycles. The molecule has 1 aromatic carbocycles. The minimum atomic E-state index is -0.430. The molecule has 150 valence electrons. The Labute approximate surface area is 162 Å². The van der Waals surface area contributed by atoms with Gasteiger partial charge in [0.15, 0.2) is 0 Å². The second-order valence-electron chi connectivity index (χ2n) is 7.13. The number of carbonyl (C=O) groups is 2. The van der Waals surface area contributed by atoms with Crippen LogP contribution in [0.1, 0.15) is 63.9 Å². The van der Waals surface area contributed by atoms with Gasteiger partial charge < -0.3 is 9.57 Å². The summed E-state index contributed by atoms with van der Waals surface area (Å²) < 4.78 is 5.82. The maximum atomic E-state index is 11.4. The molecule has 1 aliphatic heterocycles. The molecule has 1 aromatic rings. The van der Waals surface area contributed by atoms with Gasteiger partial charge in [-0.05, 0) is 56.5 Å². The van der Waals surface area contributed by atoms with E-state index in [0.29, 0.717) is 13.0 Å². The van der Waals surface area contributed by atoms with Crippen LogP contribution in [-0.4, -0.2) is 36.5 Å². The van der Waals surface area contributed by atoms with Gasteiger partial charge in [-0.15, -0.1) is 0 Å². The smallest absolute Gasteiger partial charge is 0.332 e. The quantitative estimate of drug-likeness (QED) is 0.555. The first-order chi connectivity index (χ1) is 13.1. The molecular formula is C21H32N2O4. The number of nitrogens with zero attached hydrogens (tertiary/aromatic N) is 1. The van der Waals surface area contributed by atoms with Crippen LogP contribution in [0.25, 0.3) is 0 Å². The van der Waals surface area contributed by atoms with Crippen molar-refractivity contribution in [3.8, 4) is 5.75 Å². The molecule has 0 unspecified atom stereocenters. The minimum Gasteiger partial charge on any atom is -0.494 e. The second kappa shape index (κ2) is 12.3. The van der Waals surface area contributed by atoms with E-state index >= 15 is 0 Å². The number of carbonyl (C=O) groups excluding carboxylic acids is 2. The number of amides is 1. The first-order valence-electron chi connectivity index (χ1n) is 10.0. The summed E-state index contributed by atoms with van der Waals surface area (Å²) in [6.07, 6.45) is 8.33. The highest BCUT2D eigenvalue weighted by Gasteiger charge is 2.09. The van der Waals surface area contributed by atoms with Gasteiger partial charge in [0.25, 0.3) is 0 Å². The maximum Gasteiger partial charge on any atom is 0.332 e. The summed E-state index contributed by atoms with van der Waals surface area (Å²) in [4.78, 5) is 29.2. The molecule has 1 heterocycles. The number of nitrogens with one attached hydrogen (secondary N) is 1. The summed E-state index contributed by atoms with van der Waals surface area (Å²) in [5.74, 6) is 0.0584. The molecule has 0 aliphatic carbocycles. The van der Waals surface area contributed by atoms with Crippen LogP contribution in [0, 0.1) is 0 Å². The van der Waals surface area contributed by atoms with Crippen molar-refractivity contribution < 1.29 is 19.2 Å². The van der Waals surface area contributed by atoms with Crippen LogP contribution in [0.4, 0.5) is 0 Å². The fourth-order valence-corrected chi connectivity index (χ4v) is 3.20. The van der Waals surface area contributed by atoms with Crippen molar-refractivity contribution in [2.45, 2.75) is 64.8 Å². The Hall–Kier alpha value is -2.08. The average molecular weight is 376 g/mol. The van der Waals surface area contributed by atoms with E-state index in [2.05, 4.69) is 21.9 Å². The van der Waals surface area contributed by atoms with Crippen LogP contribution >= 0.6 is 0 Å². The Bertz CT molecular complexity index is 583. The number of hydrogen-bond donors (Lipinski definition) is 1. The van der Waals surface area contributed by atoms with Crippen LogP contribution in [0.15, 0.2) is 24.3 Å². The Morgan fingerprint density at radius 3 is 2.56 bits per heavy atom. The van der Waals surface area contributed by atoms with Gasteiger partial charge in [-0.2, -0.15) is 5.48 Å². The third kappa shape index (κ3) is 9.43. The lowest BCUT2D eigenvalue weighted by Gasteiger charge is -2.24. The summed E-state index contributed by atoms with van der Waals surface area (Å²) in [6, 6.07) is 8.29. The van der Waals surface area contributed by atoms with Gasteiger partial charge in [0.05, 0.1) is 6.61 Å². The molecule has 1 N–H and O–H groups in total. The maximum absolute atomic E-state index is 11.4. The third-order valence-electron chi connectivity index (χ3n) is 4.61. The zero-order chi connectivity index (χ0) is 19.3. The van der Waals surface area contributed by atoms with Crippen molar-refractivity contribution in [3.63, 3.8) is 0 Å². The van der Waals surface area contributed by atoms with E-state index in [4.69, 9.17) is 4.74 Å². The van der Waals surface area contributed by atoms with Crippen LogP contribution in [-0.2, 0) is 21.0 Å². The summed E-state index contributed by atoms with van der Waals surface area (Å²) in [6.45, 7) is 5.19. The van der Waals surface area contributed by atoms with Crippen molar-refractivity contribution in [2.75, 3.05) is 19.7 Å². The highest BCUT2D eigenvalue weighted by atomic mass is 16.7. The lowest BCUT2D eigenvalue weighted by molar-refractivity contribution is -0.157. The number of unbranched alkanes of at least 4 members (excludes halogenated alkanes) is 1. The molecule has 0 bridgehead atoms. The van der Waals surface area contributed by atoms with E-state index in [-0.39, 0.29) is 12.3 Å². The van der Waals surface area contributed by atoms with Crippen molar-refractivity contribution in [3.05, 3.63) is 29.8 Å². The van der Waals surface area contributed by atoms with Crippen molar-refractivity contribution >= 4 is 11.9 Å². The van der Waals surface area contributed by atoms with Crippen LogP contribution in [0.5, 0.6) is 5.75 Å². The molecule has 1 fully saturated rings. The fourth-order valence-electron chi connectivity index (χ4n) is 3.20. The predicted octanol–water partition coefficient (Wildman–Crippen LogP) is 3.60. The standard InChI is InChI=1S/C21H32N2O4/c1-18(24)22-27-21(25)12-5-8-15-26-20-11-9-10-19(16-20)17-23-13-6-3-2-4-7-14-23/h9-11,16H,2-8,12-15,17H2,1H3,(H,22,24). The zero-order valence-corrected chi connectivity index (χ0v) is 16.4. The van der Waals surface area contributed by atoms with Crippen molar-refractivity contribution in [1.29, 1.82) is 0 Å². The van der Waals surface area contributed by atoms with Gasteiger partial charge in [-0.25, -0.2) is 4.79 Å². The zero-order valence-electron chi connectivity index (χ0n) is 16.4. The lowest BCUT2D eigenvalue weighted by Crippen LogP contribution is -2.26. The summed E-state index contributed by atoms with van der Waals surface area (Å²) in [7, 11) is 0. The van der Waals surface area contributed by atoms with Gasteiger partial charge >= 0.3 is 5.97 Å². The van der Waals surface area contributed by atoms with Crippen molar-refractivity contribution in [2.24, 2.45) is 0 Å². The summed E-state index contributed by atoms with van der Waals surface area (Å²) in [5.41, 5.74) is 3.32. The number of hydrogen-bond acceptors (Lipinski definition) is 5. The molecule has 0 spiro atoms. The van der Waals surface area contributed by atoms with E-state index in [1.54, 1.807) is 0 Å². The Kier molecular flexibility index (Phi) is 9.69. The first kappa shape index (κ1) is 21.2. The predicted molar refractivity (Wildman–Crippen MR) is 104 cm³/mol. The fraction of sp³-hybridized carbons (Fsp3) is 0.619. The van der Waals surface area contributed by atoms with Crippen LogP contribution in [0.2, 0.25) is 0 Å². The van der Waals surface area contributed by atoms with Gasteiger partial charge in [0.2, 0.25) is 5.91 Å². The number of rotatable bonds is 8. The highest BCUT2D eigenvalue weighted by Crippen LogP contribution is 2.18. The Morgan fingerprint density at radius 1 is 1.07 bits per heavy atom. The topological polar surface area (TPSA) is 67.9 Å². The van der Waals surface area contributed by atoms with Gasteiger partial charge in [0, 0.05) is 19.9 Å². The Morgan fingerprint density at radius 2 is 1.81 bits per heavy atom. The van der Waals surface area contributed by atoms with Crippen LogP contribution in [0.3, 0.4) is 0 Å². The van der Waals surface area contributed by atoms with E-state index in [1.165, 1.54) is 57.7 Å². The van der Waals surface area contributed by atoms with E-state index in [9.17, 15) is 9.59 Å². The molecular weight excluding hydrogens is 344 g/mol. The summed E-state index contributed by atoms with van der Waals surface area (Å²) in [5, 5.41) is 0. The molecule has 1 amide bonds. The molecule has 6 nitrogen and oxygen atoms in total. The van der Waals surface area contributed by atoms with E-state index in [0.717, 1.165) is 18.7 Å². The number of hydroxylamine groups is 1. The molecule has 6 heteroatoms. The highest BCUT2D eigenvalue weighted by molar-refractivity contribution is 5.75. The number of benzene rings is 1. The molecule has 0 atom stereocenters. The van der Waals surface area contributed by atoms with Gasteiger partial charge in [0.1, 0.15) is 5.75 Å².